The number of hydrogen-bond acceptors (Lipinski definition) is 6. The number of carbonyl (C=O) groups excluding carboxylic acids is 2. The monoisotopic (exact) mass is 342 g/mol. The van der Waals surface area contributed by atoms with E-state index in [1.807, 2.05) is 0 Å². The Kier molecular flexibility index (Phi) is 5.04. The molecule has 2 rings (SSSR count). The van der Waals surface area contributed by atoms with Crippen LogP contribution in [-0.4, -0.2) is 31.4 Å². The van der Waals surface area contributed by atoms with Crippen LogP contribution in [0.3, 0.4) is 0 Å². The maximum Gasteiger partial charge on any atom is 0.321 e. The van der Waals surface area contributed by atoms with Crippen LogP contribution in [0.15, 0.2) is 12.1 Å². The molecule has 0 aliphatic carbocycles. The standard InChI is InChI=1S/C16H19ClO6/c1-16(2,3)23-15(19)10(14(18)20-4)5-9-6-11(17)13-12(7-9)21-8-22-13/h6-7,10H,5,8H2,1-4H3. The Morgan fingerprint density at radius 3 is 2.57 bits per heavy atom. The molecule has 1 aromatic rings. The van der Waals surface area contributed by atoms with Gasteiger partial charge in [0.25, 0.3) is 0 Å². The minimum Gasteiger partial charge on any atom is -0.468 e. The van der Waals surface area contributed by atoms with Crippen LogP contribution < -0.4 is 9.47 Å². The van der Waals surface area contributed by atoms with Gasteiger partial charge in [-0.1, -0.05) is 11.6 Å². The second kappa shape index (κ2) is 6.66. The van der Waals surface area contributed by atoms with Gasteiger partial charge >= 0.3 is 11.9 Å². The van der Waals surface area contributed by atoms with Crippen molar-refractivity contribution in [1.82, 2.24) is 0 Å². The van der Waals surface area contributed by atoms with E-state index in [0.29, 0.717) is 22.1 Å². The highest BCUT2D eigenvalue weighted by Crippen LogP contribution is 2.40. The van der Waals surface area contributed by atoms with E-state index < -0.39 is 23.5 Å². The second-order valence-electron chi connectivity index (χ2n) is 6.12. The SMILES string of the molecule is COC(=O)C(Cc1cc(Cl)c2c(c1)OCO2)C(=O)OC(C)(C)C. The maximum absolute atomic E-state index is 12.3. The molecule has 7 heteroatoms. The van der Waals surface area contributed by atoms with Gasteiger partial charge in [0.2, 0.25) is 6.79 Å². The van der Waals surface area contributed by atoms with Crippen LogP contribution in [0, 0.1) is 5.92 Å². The number of ether oxygens (including phenoxy) is 4. The molecule has 6 nitrogen and oxygen atoms in total. The lowest BCUT2D eigenvalue weighted by Gasteiger charge is -2.23. The molecular formula is C16H19ClO6. The normalized spacial score (nSPS) is 14.3. The highest BCUT2D eigenvalue weighted by atomic mass is 35.5. The van der Waals surface area contributed by atoms with Gasteiger partial charge in [-0.2, -0.15) is 0 Å². The average molecular weight is 343 g/mol. The smallest absolute Gasteiger partial charge is 0.321 e. The van der Waals surface area contributed by atoms with E-state index in [2.05, 4.69) is 0 Å². The van der Waals surface area contributed by atoms with Gasteiger partial charge in [0.15, 0.2) is 17.4 Å². The Labute approximate surface area is 139 Å². The van der Waals surface area contributed by atoms with Crippen molar-refractivity contribution in [1.29, 1.82) is 0 Å². The third-order valence-corrected chi connectivity index (χ3v) is 3.38. The fraction of sp³-hybridized carbons (Fsp3) is 0.500. The summed E-state index contributed by atoms with van der Waals surface area (Å²) in [6.07, 6.45) is 0.0952. The Bertz CT molecular complexity index is 620. The van der Waals surface area contributed by atoms with Gasteiger partial charge in [-0.3, -0.25) is 9.59 Å². The number of carbonyl (C=O) groups is 2. The largest absolute Gasteiger partial charge is 0.468 e. The summed E-state index contributed by atoms with van der Waals surface area (Å²) < 4.78 is 20.5. The summed E-state index contributed by atoms with van der Waals surface area (Å²) in [5.41, 5.74) is -0.0453. The second-order valence-corrected chi connectivity index (χ2v) is 6.53. The number of fused-ring (bicyclic) bond motifs is 1. The molecular weight excluding hydrogens is 324 g/mol. The summed E-state index contributed by atoms with van der Waals surface area (Å²) in [4.78, 5) is 24.2. The van der Waals surface area contributed by atoms with Crippen molar-refractivity contribution in [3.63, 3.8) is 0 Å². The minimum atomic E-state index is -1.07. The van der Waals surface area contributed by atoms with Crippen LogP contribution in [0.25, 0.3) is 0 Å². The predicted molar refractivity (Wildman–Crippen MR) is 82.6 cm³/mol. The minimum absolute atomic E-state index is 0.0883. The molecule has 0 spiro atoms. The molecule has 1 atom stereocenters. The van der Waals surface area contributed by atoms with Gasteiger partial charge in [0, 0.05) is 0 Å². The zero-order chi connectivity index (χ0) is 17.2. The number of esters is 2. The summed E-state index contributed by atoms with van der Waals surface area (Å²) in [6, 6.07) is 3.32. The Morgan fingerprint density at radius 1 is 1.26 bits per heavy atom. The average Bonchev–Trinajstić information content (AvgIpc) is 2.91. The molecule has 0 fully saturated rings. The quantitative estimate of drug-likeness (QED) is 0.619. The van der Waals surface area contributed by atoms with Gasteiger partial charge in [0.05, 0.1) is 12.1 Å². The molecule has 0 aromatic heterocycles. The van der Waals surface area contributed by atoms with Gasteiger partial charge in [-0.25, -0.2) is 0 Å². The Balaban J connectivity index is 2.23. The van der Waals surface area contributed by atoms with Crippen molar-refractivity contribution in [2.24, 2.45) is 5.92 Å². The van der Waals surface area contributed by atoms with Crippen molar-refractivity contribution in [2.75, 3.05) is 13.9 Å². The highest BCUT2D eigenvalue weighted by molar-refractivity contribution is 6.32. The first-order valence-corrected chi connectivity index (χ1v) is 7.48. The van der Waals surface area contributed by atoms with E-state index in [0.717, 1.165) is 0 Å². The summed E-state index contributed by atoms with van der Waals surface area (Å²) in [5, 5.41) is 0.364. The van der Waals surface area contributed by atoms with Crippen molar-refractivity contribution >= 4 is 23.5 Å². The Hall–Kier alpha value is -1.95. The van der Waals surface area contributed by atoms with Crippen molar-refractivity contribution in [3.8, 4) is 11.5 Å². The van der Waals surface area contributed by atoms with Crippen molar-refractivity contribution in [2.45, 2.75) is 32.8 Å². The number of methoxy groups -OCH3 is 1. The zero-order valence-electron chi connectivity index (χ0n) is 13.5. The number of benzene rings is 1. The van der Waals surface area contributed by atoms with Crippen molar-refractivity contribution in [3.05, 3.63) is 22.7 Å². The molecule has 1 aromatic carbocycles. The van der Waals surface area contributed by atoms with Gasteiger partial charge in [-0.15, -0.1) is 0 Å². The topological polar surface area (TPSA) is 71.1 Å². The predicted octanol–water partition coefficient (Wildman–Crippen LogP) is 2.74. The molecule has 126 valence electrons. The third kappa shape index (κ3) is 4.28. The molecule has 0 amide bonds. The molecule has 1 aliphatic rings. The Morgan fingerprint density at radius 2 is 1.96 bits per heavy atom. The van der Waals surface area contributed by atoms with Gasteiger partial charge < -0.3 is 18.9 Å². The van der Waals surface area contributed by atoms with Crippen LogP contribution in [0.2, 0.25) is 5.02 Å². The van der Waals surface area contributed by atoms with E-state index >= 15 is 0 Å². The summed E-state index contributed by atoms with van der Waals surface area (Å²) in [5.74, 6) is -1.43. The molecule has 1 unspecified atom stereocenters. The molecule has 0 saturated heterocycles. The van der Waals surface area contributed by atoms with Crippen LogP contribution in [0.5, 0.6) is 11.5 Å². The molecule has 0 bridgehead atoms. The maximum atomic E-state index is 12.3. The summed E-state index contributed by atoms with van der Waals surface area (Å²) in [7, 11) is 1.23. The van der Waals surface area contributed by atoms with E-state index in [9.17, 15) is 9.59 Å². The lowest BCUT2D eigenvalue weighted by molar-refractivity contribution is -0.168. The first-order chi connectivity index (χ1) is 10.7. The third-order valence-electron chi connectivity index (χ3n) is 3.10. The van der Waals surface area contributed by atoms with Crippen LogP contribution in [-0.2, 0) is 25.5 Å². The van der Waals surface area contributed by atoms with E-state index in [-0.39, 0.29) is 13.2 Å². The van der Waals surface area contributed by atoms with Gasteiger partial charge in [-0.05, 0) is 44.9 Å². The molecule has 1 aliphatic heterocycles. The lowest BCUT2D eigenvalue weighted by Crippen LogP contribution is -2.34. The molecule has 0 saturated carbocycles. The van der Waals surface area contributed by atoms with Crippen molar-refractivity contribution < 1.29 is 28.5 Å². The number of hydrogen-bond donors (Lipinski definition) is 0. The fourth-order valence-corrected chi connectivity index (χ4v) is 2.44. The first kappa shape index (κ1) is 17.4. The molecule has 23 heavy (non-hydrogen) atoms. The zero-order valence-corrected chi connectivity index (χ0v) is 14.2. The molecule has 0 N–H and O–H groups in total. The van der Waals surface area contributed by atoms with Gasteiger partial charge in [0.1, 0.15) is 5.60 Å². The summed E-state index contributed by atoms with van der Waals surface area (Å²) in [6.45, 7) is 5.29. The van der Waals surface area contributed by atoms with E-state index in [1.165, 1.54) is 7.11 Å². The summed E-state index contributed by atoms with van der Waals surface area (Å²) >= 11 is 6.12. The number of rotatable bonds is 4. The lowest BCUT2D eigenvalue weighted by atomic mass is 9.98. The van der Waals surface area contributed by atoms with Crippen LogP contribution >= 0.6 is 11.6 Å². The first-order valence-electron chi connectivity index (χ1n) is 7.10. The molecule has 1 heterocycles. The van der Waals surface area contributed by atoms with E-state index in [1.54, 1.807) is 32.9 Å². The van der Waals surface area contributed by atoms with E-state index in [4.69, 9.17) is 30.5 Å². The highest BCUT2D eigenvalue weighted by Gasteiger charge is 2.33. The molecule has 0 radical (unpaired) electrons. The van der Waals surface area contributed by atoms with Crippen LogP contribution in [0.4, 0.5) is 0 Å². The van der Waals surface area contributed by atoms with Crippen LogP contribution in [0.1, 0.15) is 26.3 Å². The fourth-order valence-electron chi connectivity index (χ4n) is 2.15. The number of halogens is 1.